The Bertz CT molecular complexity index is 179. The van der Waals surface area contributed by atoms with E-state index in [4.69, 9.17) is 0 Å². The lowest BCUT2D eigenvalue weighted by Gasteiger charge is -2.37. The second kappa shape index (κ2) is 4.91. The summed E-state index contributed by atoms with van der Waals surface area (Å²) in [6.45, 7) is 12.1. The molecule has 2 fully saturated rings. The summed E-state index contributed by atoms with van der Waals surface area (Å²) in [4.78, 5) is 5.12. The predicted molar refractivity (Wildman–Crippen MR) is 59.5 cm³/mol. The first kappa shape index (κ1) is 10.1. The van der Waals surface area contributed by atoms with Gasteiger partial charge in [-0.25, -0.2) is 0 Å². The van der Waals surface area contributed by atoms with Gasteiger partial charge in [-0.15, -0.1) is 6.58 Å². The van der Waals surface area contributed by atoms with Crippen molar-refractivity contribution in [3.8, 4) is 0 Å². The van der Waals surface area contributed by atoms with Gasteiger partial charge in [-0.1, -0.05) is 6.08 Å². The Balaban J connectivity index is 1.74. The molecule has 0 aromatic heterocycles. The minimum Gasteiger partial charge on any atom is -0.315 e. The molecule has 0 saturated carbocycles. The zero-order chi connectivity index (χ0) is 9.80. The molecule has 2 rings (SSSR count). The maximum absolute atomic E-state index is 3.79. The average molecular weight is 195 g/mol. The van der Waals surface area contributed by atoms with Crippen molar-refractivity contribution in [1.82, 2.24) is 15.1 Å². The Morgan fingerprint density at radius 1 is 1.29 bits per heavy atom. The number of hydrogen-bond acceptors (Lipinski definition) is 3. The molecule has 2 heterocycles. The molecule has 1 N–H and O–H groups in total. The molecular weight excluding hydrogens is 174 g/mol. The van der Waals surface area contributed by atoms with E-state index in [1.165, 1.54) is 45.7 Å². The number of nitrogens with zero attached hydrogens (tertiary/aromatic N) is 2. The van der Waals surface area contributed by atoms with Gasteiger partial charge >= 0.3 is 0 Å². The molecule has 0 aromatic rings. The highest BCUT2D eigenvalue weighted by Crippen LogP contribution is 2.11. The van der Waals surface area contributed by atoms with Gasteiger partial charge in [0.25, 0.3) is 0 Å². The van der Waals surface area contributed by atoms with Crippen LogP contribution in [0, 0.1) is 0 Å². The van der Waals surface area contributed by atoms with Crippen molar-refractivity contribution in [3.63, 3.8) is 0 Å². The molecule has 0 bridgehead atoms. The number of hydrogen-bond donors (Lipinski definition) is 1. The molecular formula is C11H21N3. The molecule has 0 aromatic carbocycles. The summed E-state index contributed by atoms with van der Waals surface area (Å²) in [5.74, 6) is 0. The molecule has 80 valence electrons. The first-order valence-electron chi connectivity index (χ1n) is 5.68. The SMILES string of the molecule is C=CCN1CCN([C@H]2CCNC2)CC1. The molecule has 0 aliphatic carbocycles. The van der Waals surface area contributed by atoms with Crippen LogP contribution >= 0.6 is 0 Å². The minimum absolute atomic E-state index is 0.806. The Labute approximate surface area is 86.8 Å². The normalized spacial score (nSPS) is 30.7. The summed E-state index contributed by atoms with van der Waals surface area (Å²) < 4.78 is 0. The third-order valence-electron chi connectivity index (χ3n) is 3.34. The van der Waals surface area contributed by atoms with Crippen LogP contribution in [0.25, 0.3) is 0 Å². The van der Waals surface area contributed by atoms with Gasteiger partial charge in [0.2, 0.25) is 0 Å². The summed E-state index contributed by atoms with van der Waals surface area (Å²) in [6.07, 6.45) is 3.34. The lowest BCUT2D eigenvalue weighted by molar-refractivity contribution is 0.110. The fraction of sp³-hybridized carbons (Fsp3) is 0.818. The van der Waals surface area contributed by atoms with Crippen LogP contribution in [-0.4, -0.2) is 61.7 Å². The maximum Gasteiger partial charge on any atom is 0.0233 e. The highest BCUT2D eigenvalue weighted by Gasteiger charge is 2.25. The van der Waals surface area contributed by atoms with Crippen molar-refractivity contribution >= 4 is 0 Å². The summed E-state index contributed by atoms with van der Waals surface area (Å²) in [5.41, 5.74) is 0. The van der Waals surface area contributed by atoms with Crippen LogP contribution in [0.2, 0.25) is 0 Å². The summed E-state index contributed by atoms with van der Waals surface area (Å²) >= 11 is 0. The van der Waals surface area contributed by atoms with E-state index in [0.717, 1.165) is 12.6 Å². The molecule has 0 amide bonds. The lowest BCUT2D eigenvalue weighted by Crippen LogP contribution is -2.50. The number of rotatable bonds is 3. The van der Waals surface area contributed by atoms with Crippen LogP contribution in [0.4, 0.5) is 0 Å². The molecule has 0 unspecified atom stereocenters. The van der Waals surface area contributed by atoms with Crippen LogP contribution in [0.5, 0.6) is 0 Å². The largest absolute Gasteiger partial charge is 0.315 e. The lowest BCUT2D eigenvalue weighted by atomic mass is 10.2. The van der Waals surface area contributed by atoms with E-state index in [-0.39, 0.29) is 0 Å². The van der Waals surface area contributed by atoms with E-state index in [1.54, 1.807) is 0 Å². The van der Waals surface area contributed by atoms with Crippen molar-refractivity contribution in [2.24, 2.45) is 0 Å². The van der Waals surface area contributed by atoms with E-state index in [1.807, 2.05) is 6.08 Å². The van der Waals surface area contributed by atoms with Crippen molar-refractivity contribution in [2.45, 2.75) is 12.5 Å². The van der Waals surface area contributed by atoms with Crippen molar-refractivity contribution < 1.29 is 0 Å². The number of nitrogens with one attached hydrogen (secondary N) is 1. The van der Waals surface area contributed by atoms with E-state index < -0.39 is 0 Å². The first-order chi connectivity index (χ1) is 6.90. The van der Waals surface area contributed by atoms with Crippen molar-refractivity contribution in [2.75, 3.05) is 45.8 Å². The number of piperazine rings is 1. The van der Waals surface area contributed by atoms with E-state index in [9.17, 15) is 0 Å². The Kier molecular flexibility index (Phi) is 3.56. The topological polar surface area (TPSA) is 18.5 Å². The van der Waals surface area contributed by atoms with E-state index >= 15 is 0 Å². The van der Waals surface area contributed by atoms with Gasteiger partial charge in [-0.2, -0.15) is 0 Å². The maximum atomic E-state index is 3.79. The molecule has 0 spiro atoms. The fourth-order valence-electron chi connectivity index (χ4n) is 2.44. The molecule has 2 saturated heterocycles. The third-order valence-corrected chi connectivity index (χ3v) is 3.34. The van der Waals surface area contributed by atoms with Gasteiger partial charge in [0, 0.05) is 45.3 Å². The molecule has 14 heavy (non-hydrogen) atoms. The Morgan fingerprint density at radius 3 is 2.64 bits per heavy atom. The van der Waals surface area contributed by atoms with Crippen LogP contribution in [0.3, 0.4) is 0 Å². The van der Waals surface area contributed by atoms with Gasteiger partial charge in [-0.05, 0) is 13.0 Å². The van der Waals surface area contributed by atoms with Crippen molar-refractivity contribution in [1.29, 1.82) is 0 Å². The molecule has 2 aliphatic heterocycles. The Morgan fingerprint density at radius 2 is 2.07 bits per heavy atom. The third kappa shape index (κ3) is 2.35. The Hall–Kier alpha value is -0.380. The molecule has 3 heteroatoms. The van der Waals surface area contributed by atoms with Gasteiger partial charge in [-0.3, -0.25) is 9.80 Å². The minimum atomic E-state index is 0.806. The van der Waals surface area contributed by atoms with Crippen LogP contribution < -0.4 is 5.32 Å². The zero-order valence-corrected chi connectivity index (χ0v) is 8.91. The summed E-state index contributed by atoms with van der Waals surface area (Å²) in [7, 11) is 0. The van der Waals surface area contributed by atoms with Gasteiger partial charge in [0.1, 0.15) is 0 Å². The second-order valence-electron chi connectivity index (χ2n) is 4.27. The summed E-state index contributed by atoms with van der Waals surface area (Å²) in [5, 5.41) is 3.43. The standard InChI is InChI=1S/C11H21N3/c1-2-5-13-6-8-14(9-7-13)11-3-4-12-10-11/h2,11-12H,1,3-10H2/t11-/m0/s1. The second-order valence-corrected chi connectivity index (χ2v) is 4.27. The van der Waals surface area contributed by atoms with Crippen molar-refractivity contribution in [3.05, 3.63) is 12.7 Å². The van der Waals surface area contributed by atoms with Gasteiger partial charge in [0.05, 0.1) is 0 Å². The van der Waals surface area contributed by atoms with Crippen LogP contribution in [-0.2, 0) is 0 Å². The van der Waals surface area contributed by atoms with Crippen LogP contribution in [0.15, 0.2) is 12.7 Å². The predicted octanol–water partition coefficient (Wildman–Crippen LogP) is 0.152. The van der Waals surface area contributed by atoms with E-state index in [0.29, 0.717) is 0 Å². The average Bonchev–Trinajstić information content (AvgIpc) is 2.72. The fourth-order valence-corrected chi connectivity index (χ4v) is 2.44. The van der Waals surface area contributed by atoms with Gasteiger partial charge in [0.15, 0.2) is 0 Å². The zero-order valence-electron chi connectivity index (χ0n) is 8.91. The quantitative estimate of drug-likeness (QED) is 0.647. The summed E-state index contributed by atoms with van der Waals surface area (Å²) in [6, 6.07) is 0.806. The van der Waals surface area contributed by atoms with E-state index in [2.05, 4.69) is 21.7 Å². The highest BCUT2D eigenvalue weighted by molar-refractivity contribution is 4.85. The first-order valence-corrected chi connectivity index (χ1v) is 5.68. The smallest absolute Gasteiger partial charge is 0.0233 e. The molecule has 0 radical (unpaired) electrons. The van der Waals surface area contributed by atoms with Crippen LogP contribution in [0.1, 0.15) is 6.42 Å². The molecule has 2 aliphatic rings. The van der Waals surface area contributed by atoms with Gasteiger partial charge < -0.3 is 5.32 Å². The highest BCUT2D eigenvalue weighted by atomic mass is 15.3. The monoisotopic (exact) mass is 195 g/mol. The molecule has 1 atom stereocenters. The molecule has 3 nitrogen and oxygen atoms in total.